The molecule has 0 saturated carbocycles. The van der Waals surface area contributed by atoms with Crippen molar-refractivity contribution in [3.63, 3.8) is 0 Å². The molecule has 16 heavy (non-hydrogen) atoms. The van der Waals surface area contributed by atoms with Gasteiger partial charge in [-0.3, -0.25) is 0 Å². The lowest BCUT2D eigenvalue weighted by Gasteiger charge is -2.20. The smallest absolute Gasteiger partial charge is 0.410 e. The van der Waals surface area contributed by atoms with Gasteiger partial charge in [0.1, 0.15) is 6.61 Å². The molecule has 0 aliphatic carbocycles. The summed E-state index contributed by atoms with van der Waals surface area (Å²) in [6, 6.07) is 9.72. The highest BCUT2D eigenvalue weighted by atomic mass is 16.6. The lowest BCUT2D eigenvalue weighted by molar-refractivity contribution is 0.0836. The van der Waals surface area contributed by atoms with Gasteiger partial charge >= 0.3 is 6.09 Å². The van der Waals surface area contributed by atoms with Crippen LogP contribution in [0.3, 0.4) is 0 Å². The van der Waals surface area contributed by atoms with Crippen LogP contribution in [-0.2, 0) is 11.3 Å². The van der Waals surface area contributed by atoms with Gasteiger partial charge in [-0.1, -0.05) is 30.3 Å². The van der Waals surface area contributed by atoms with E-state index in [2.05, 4.69) is 0 Å². The zero-order valence-electron chi connectivity index (χ0n) is 9.43. The zero-order valence-corrected chi connectivity index (χ0v) is 9.43. The van der Waals surface area contributed by atoms with Crippen LogP contribution in [0.1, 0.15) is 12.5 Å². The largest absolute Gasteiger partial charge is 0.447 e. The number of aliphatic hydroxyl groups excluding tert-OH is 1. The zero-order chi connectivity index (χ0) is 11.8. The molecule has 0 aliphatic heterocycles. The van der Waals surface area contributed by atoms with Gasteiger partial charge in [0, 0.05) is 13.1 Å². The van der Waals surface area contributed by atoms with E-state index >= 15 is 0 Å². The van der Waals surface area contributed by atoms with Crippen molar-refractivity contribution in [2.24, 2.45) is 0 Å². The highest BCUT2D eigenvalue weighted by Crippen LogP contribution is 2.05. The second-order valence-electron chi connectivity index (χ2n) is 3.34. The van der Waals surface area contributed by atoms with E-state index in [9.17, 15) is 4.79 Å². The molecule has 1 aromatic rings. The molecule has 4 heteroatoms. The molecule has 0 spiro atoms. The molecular weight excluding hydrogens is 206 g/mol. The fraction of sp³-hybridized carbons (Fsp3) is 0.417. The number of amides is 1. The van der Waals surface area contributed by atoms with Gasteiger partial charge < -0.3 is 14.7 Å². The summed E-state index contributed by atoms with van der Waals surface area (Å²) in [6.07, 6.45) is -0.389. The first-order valence-corrected chi connectivity index (χ1v) is 5.34. The monoisotopic (exact) mass is 223 g/mol. The predicted octanol–water partition coefficient (Wildman–Crippen LogP) is 1.64. The molecule has 1 N–H and O–H groups in total. The molecular formula is C12H17NO3. The Kier molecular flexibility index (Phi) is 5.36. The standard InChI is InChI=1S/C12H17NO3/c1-2-13(12(15)16-9-8-14)10-11-6-4-3-5-7-11/h3-7,14H,2,8-10H2,1H3. The fourth-order valence-corrected chi connectivity index (χ4v) is 1.33. The molecule has 0 saturated heterocycles. The molecule has 0 heterocycles. The van der Waals surface area contributed by atoms with Crippen molar-refractivity contribution in [3.05, 3.63) is 35.9 Å². The average Bonchev–Trinajstić information content (AvgIpc) is 2.34. The van der Waals surface area contributed by atoms with Crippen LogP contribution in [-0.4, -0.2) is 35.9 Å². The number of hydrogen-bond acceptors (Lipinski definition) is 3. The van der Waals surface area contributed by atoms with Crippen molar-refractivity contribution in [2.45, 2.75) is 13.5 Å². The lowest BCUT2D eigenvalue weighted by Crippen LogP contribution is -2.31. The second kappa shape index (κ2) is 6.85. The van der Waals surface area contributed by atoms with Gasteiger partial charge in [-0.05, 0) is 12.5 Å². The molecule has 88 valence electrons. The van der Waals surface area contributed by atoms with E-state index < -0.39 is 0 Å². The SMILES string of the molecule is CCN(Cc1ccccc1)C(=O)OCCO. The molecule has 0 unspecified atom stereocenters. The maximum absolute atomic E-state index is 11.5. The number of ether oxygens (including phenoxy) is 1. The van der Waals surface area contributed by atoms with Crippen LogP contribution >= 0.6 is 0 Å². The Morgan fingerprint density at radius 2 is 2.06 bits per heavy atom. The minimum absolute atomic E-state index is 0.0458. The van der Waals surface area contributed by atoms with Crippen LogP contribution in [0.2, 0.25) is 0 Å². The third kappa shape index (κ3) is 3.90. The maximum atomic E-state index is 11.5. The van der Waals surface area contributed by atoms with Crippen LogP contribution in [0, 0.1) is 0 Å². The predicted molar refractivity (Wildman–Crippen MR) is 61.0 cm³/mol. The van der Waals surface area contributed by atoms with Crippen molar-refractivity contribution in [2.75, 3.05) is 19.8 Å². The van der Waals surface area contributed by atoms with Crippen LogP contribution in [0.5, 0.6) is 0 Å². The van der Waals surface area contributed by atoms with Crippen LogP contribution in [0.4, 0.5) is 4.79 Å². The maximum Gasteiger partial charge on any atom is 0.410 e. The van der Waals surface area contributed by atoms with Crippen LogP contribution in [0.25, 0.3) is 0 Å². The molecule has 1 aromatic carbocycles. The minimum atomic E-state index is -0.389. The first kappa shape index (κ1) is 12.5. The Bertz CT molecular complexity index is 313. The van der Waals surface area contributed by atoms with Crippen molar-refractivity contribution in [3.8, 4) is 0 Å². The summed E-state index contributed by atoms with van der Waals surface area (Å²) < 4.78 is 4.85. The number of benzene rings is 1. The first-order valence-electron chi connectivity index (χ1n) is 5.34. The minimum Gasteiger partial charge on any atom is -0.447 e. The van der Waals surface area contributed by atoms with E-state index in [4.69, 9.17) is 9.84 Å². The molecule has 4 nitrogen and oxygen atoms in total. The Morgan fingerprint density at radius 3 is 2.62 bits per heavy atom. The average molecular weight is 223 g/mol. The van der Waals surface area contributed by atoms with Crippen LogP contribution in [0.15, 0.2) is 30.3 Å². The van der Waals surface area contributed by atoms with E-state index in [1.165, 1.54) is 0 Å². The third-order valence-corrected chi connectivity index (χ3v) is 2.17. The van der Waals surface area contributed by atoms with Crippen molar-refractivity contribution in [1.82, 2.24) is 4.90 Å². The highest BCUT2D eigenvalue weighted by Gasteiger charge is 2.12. The normalized spacial score (nSPS) is 9.88. The molecule has 0 radical (unpaired) electrons. The van der Waals surface area contributed by atoms with E-state index in [1.807, 2.05) is 37.3 Å². The Morgan fingerprint density at radius 1 is 1.38 bits per heavy atom. The Balaban J connectivity index is 2.52. The number of carbonyl (C=O) groups is 1. The van der Waals surface area contributed by atoms with Gasteiger partial charge in [-0.15, -0.1) is 0 Å². The van der Waals surface area contributed by atoms with Gasteiger partial charge in [0.2, 0.25) is 0 Å². The van der Waals surface area contributed by atoms with E-state index in [-0.39, 0.29) is 19.3 Å². The number of hydrogen-bond donors (Lipinski definition) is 1. The number of aliphatic hydroxyl groups is 1. The molecule has 1 amide bonds. The van der Waals surface area contributed by atoms with Crippen molar-refractivity contribution < 1.29 is 14.6 Å². The molecule has 0 aromatic heterocycles. The van der Waals surface area contributed by atoms with E-state index in [0.717, 1.165) is 5.56 Å². The Labute approximate surface area is 95.5 Å². The van der Waals surface area contributed by atoms with Gasteiger partial charge in [-0.2, -0.15) is 0 Å². The Hall–Kier alpha value is -1.55. The van der Waals surface area contributed by atoms with Crippen LogP contribution < -0.4 is 0 Å². The van der Waals surface area contributed by atoms with Crippen molar-refractivity contribution in [1.29, 1.82) is 0 Å². The first-order chi connectivity index (χ1) is 7.77. The summed E-state index contributed by atoms with van der Waals surface area (Å²) in [6.45, 7) is 2.91. The number of carbonyl (C=O) groups excluding carboxylic acids is 1. The molecule has 0 fully saturated rings. The molecule has 0 bridgehead atoms. The van der Waals surface area contributed by atoms with Gasteiger partial charge in [0.15, 0.2) is 0 Å². The lowest BCUT2D eigenvalue weighted by atomic mass is 10.2. The quantitative estimate of drug-likeness (QED) is 0.825. The number of nitrogens with zero attached hydrogens (tertiary/aromatic N) is 1. The summed E-state index contributed by atoms with van der Waals surface area (Å²) in [5.74, 6) is 0. The molecule has 0 aliphatic rings. The van der Waals surface area contributed by atoms with Crippen molar-refractivity contribution >= 4 is 6.09 Å². The second-order valence-corrected chi connectivity index (χ2v) is 3.34. The van der Waals surface area contributed by atoms with Gasteiger partial charge in [0.25, 0.3) is 0 Å². The topological polar surface area (TPSA) is 49.8 Å². The van der Waals surface area contributed by atoms with Gasteiger partial charge in [0.05, 0.1) is 6.61 Å². The highest BCUT2D eigenvalue weighted by molar-refractivity contribution is 5.67. The van der Waals surface area contributed by atoms with E-state index in [1.54, 1.807) is 4.90 Å². The summed E-state index contributed by atoms with van der Waals surface area (Å²) in [5.41, 5.74) is 1.06. The fourth-order valence-electron chi connectivity index (χ4n) is 1.33. The summed E-state index contributed by atoms with van der Waals surface area (Å²) in [5, 5.41) is 8.56. The summed E-state index contributed by atoms with van der Waals surface area (Å²) in [7, 11) is 0. The molecule has 1 rings (SSSR count). The van der Waals surface area contributed by atoms with E-state index in [0.29, 0.717) is 13.1 Å². The summed E-state index contributed by atoms with van der Waals surface area (Å²) >= 11 is 0. The molecule has 0 atom stereocenters. The van der Waals surface area contributed by atoms with Gasteiger partial charge in [-0.25, -0.2) is 4.79 Å². The third-order valence-electron chi connectivity index (χ3n) is 2.17. The summed E-state index contributed by atoms with van der Waals surface area (Å²) in [4.78, 5) is 13.1. The number of rotatable bonds is 5.